The van der Waals surface area contributed by atoms with Gasteiger partial charge in [-0.1, -0.05) is 37.5 Å². The third-order valence-corrected chi connectivity index (χ3v) is 5.91. The molecule has 8 heteroatoms. The van der Waals surface area contributed by atoms with Crippen molar-refractivity contribution >= 4 is 5.96 Å². The van der Waals surface area contributed by atoms with Gasteiger partial charge in [0.1, 0.15) is 5.75 Å². The van der Waals surface area contributed by atoms with Crippen LogP contribution in [0.3, 0.4) is 0 Å². The Kier molecular flexibility index (Phi) is 8.06. The third-order valence-electron chi connectivity index (χ3n) is 5.91. The minimum absolute atomic E-state index is 0.121. The Balaban J connectivity index is 1.59. The van der Waals surface area contributed by atoms with Gasteiger partial charge in [0.15, 0.2) is 5.96 Å². The van der Waals surface area contributed by atoms with Crippen LogP contribution in [0, 0.1) is 0 Å². The quantitative estimate of drug-likeness (QED) is 0.535. The highest BCUT2D eigenvalue weighted by atomic mass is 19.3. The number of nitrogens with zero attached hydrogens (tertiary/aromatic N) is 2. The van der Waals surface area contributed by atoms with E-state index >= 15 is 0 Å². The molecule has 2 fully saturated rings. The maximum atomic E-state index is 12.6. The maximum absolute atomic E-state index is 12.6. The van der Waals surface area contributed by atoms with Crippen molar-refractivity contribution in [1.29, 1.82) is 0 Å². The smallest absolute Gasteiger partial charge is 0.387 e. The first-order valence-corrected chi connectivity index (χ1v) is 10.4. The largest absolute Gasteiger partial charge is 0.434 e. The molecule has 1 aromatic carbocycles. The molecule has 0 spiro atoms. The zero-order chi connectivity index (χ0) is 20.5. The first-order chi connectivity index (χ1) is 14.1. The van der Waals surface area contributed by atoms with Crippen molar-refractivity contribution in [2.45, 2.75) is 50.8 Å². The molecule has 0 atom stereocenters. The fourth-order valence-electron chi connectivity index (χ4n) is 4.36. The van der Waals surface area contributed by atoms with Crippen LogP contribution in [0.25, 0.3) is 0 Å². The summed E-state index contributed by atoms with van der Waals surface area (Å²) in [4.78, 5) is 6.89. The molecule has 6 nitrogen and oxygen atoms in total. The average Bonchev–Trinajstić information content (AvgIpc) is 2.76. The topological polar surface area (TPSA) is 58.1 Å². The lowest BCUT2D eigenvalue weighted by atomic mass is 9.80. The summed E-state index contributed by atoms with van der Waals surface area (Å²) in [5.74, 6) is 0.845. The van der Waals surface area contributed by atoms with Gasteiger partial charge in [0, 0.05) is 44.3 Å². The molecule has 1 aliphatic carbocycles. The van der Waals surface area contributed by atoms with Gasteiger partial charge in [0.05, 0.1) is 13.2 Å². The number of hydrogen-bond acceptors (Lipinski definition) is 4. The number of ether oxygens (including phenoxy) is 2. The van der Waals surface area contributed by atoms with Crippen LogP contribution in [-0.2, 0) is 11.3 Å². The van der Waals surface area contributed by atoms with Crippen molar-refractivity contribution in [1.82, 2.24) is 15.5 Å². The molecule has 29 heavy (non-hydrogen) atoms. The number of rotatable bonds is 7. The van der Waals surface area contributed by atoms with Crippen molar-refractivity contribution < 1.29 is 18.3 Å². The maximum Gasteiger partial charge on any atom is 0.387 e. The Morgan fingerprint density at radius 3 is 2.59 bits per heavy atom. The minimum Gasteiger partial charge on any atom is -0.434 e. The first-order valence-electron chi connectivity index (χ1n) is 10.4. The zero-order valence-corrected chi connectivity index (χ0v) is 17.1. The van der Waals surface area contributed by atoms with Crippen molar-refractivity contribution in [3.63, 3.8) is 0 Å². The number of alkyl halides is 2. The molecule has 0 amide bonds. The van der Waals surface area contributed by atoms with E-state index in [0.29, 0.717) is 18.1 Å². The number of benzene rings is 1. The normalized spacial score (nSPS) is 20.5. The lowest BCUT2D eigenvalue weighted by molar-refractivity contribution is -0.0504. The standard InChI is InChI=1S/C21H32F2N4O2/c1-24-20(25-15-17-7-3-4-8-18(17)29-19(22)23)26-16-21(9-5-2-6-10-21)27-11-13-28-14-12-27/h3-4,7-8,19H,2,5-6,9-16H2,1H3,(H2,24,25,26). The molecule has 1 aromatic rings. The second kappa shape index (κ2) is 10.7. The van der Waals surface area contributed by atoms with Crippen LogP contribution >= 0.6 is 0 Å². The molecule has 2 N–H and O–H groups in total. The van der Waals surface area contributed by atoms with E-state index in [4.69, 9.17) is 4.74 Å². The SMILES string of the molecule is CN=C(NCc1ccccc1OC(F)F)NCC1(N2CCOCC2)CCCCC1. The van der Waals surface area contributed by atoms with Gasteiger partial charge >= 0.3 is 6.61 Å². The highest BCUT2D eigenvalue weighted by molar-refractivity contribution is 5.79. The number of morpholine rings is 1. The second-order valence-electron chi connectivity index (χ2n) is 7.65. The molecule has 1 aliphatic heterocycles. The number of hydrogen-bond donors (Lipinski definition) is 2. The molecular formula is C21H32F2N4O2. The zero-order valence-electron chi connectivity index (χ0n) is 17.1. The number of nitrogens with one attached hydrogen (secondary N) is 2. The van der Waals surface area contributed by atoms with Crippen LogP contribution < -0.4 is 15.4 Å². The van der Waals surface area contributed by atoms with Crippen LogP contribution in [0.2, 0.25) is 0 Å². The Labute approximate surface area is 171 Å². The lowest BCUT2D eigenvalue weighted by Gasteiger charge is -2.48. The summed E-state index contributed by atoms with van der Waals surface area (Å²) in [6.45, 7) is 1.83. The Morgan fingerprint density at radius 1 is 1.17 bits per heavy atom. The third kappa shape index (κ3) is 6.02. The van der Waals surface area contributed by atoms with Crippen LogP contribution in [-0.4, -0.2) is 62.9 Å². The molecule has 1 saturated carbocycles. The van der Waals surface area contributed by atoms with E-state index in [1.165, 1.54) is 32.1 Å². The number of para-hydroxylation sites is 1. The molecule has 3 rings (SSSR count). The predicted molar refractivity (Wildman–Crippen MR) is 109 cm³/mol. The Hall–Kier alpha value is -1.93. The summed E-state index contributed by atoms with van der Waals surface area (Å²) in [7, 11) is 1.72. The van der Waals surface area contributed by atoms with E-state index in [9.17, 15) is 8.78 Å². The summed E-state index contributed by atoms with van der Waals surface area (Å²) < 4.78 is 35.4. The van der Waals surface area contributed by atoms with Crippen LogP contribution in [0.4, 0.5) is 8.78 Å². The van der Waals surface area contributed by atoms with E-state index in [0.717, 1.165) is 32.8 Å². The monoisotopic (exact) mass is 410 g/mol. The molecule has 162 valence electrons. The van der Waals surface area contributed by atoms with E-state index in [2.05, 4.69) is 25.3 Å². The summed E-state index contributed by atoms with van der Waals surface area (Å²) in [5, 5.41) is 6.71. The van der Waals surface area contributed by atoms with Gasteiger partial charge in [-0.3, -0.25) is 9.89 Å². The van der Waals surface area contributed by atoms with Crippen LogP contribution in [0.15, 0.2) is 29.3 Å². The van der Waals surface area contributed by atoms with Crippen LogP contribution in [0.1, 0.15) is 37.7 Å². The number of guanidine groups is 1. The number of halogens is 2. The summed E-state index contributed by atoms with van der Waals surface area (Å²) >= 11 is 0. The average molecular weight is 411 g/mol. The van der Waals surface area contributed by atoms with Crippen molar-refractivity contribution in [3.8, 4) is 5.75 Å². The van der Waals surface area contributed by atoms with Gasteiger partial charge < -0.3 is 20.1 Å². The second-order valence-corrected chi connectivity index (χ2v) is 7.65. The van der Waals surface area contributed by atoms with Gasteiger partial charge in [-0.25, -0.2) is 0 Å². The molecule has 1 heterocycles. The summed E-state index contributed by atoms with van der Waals surface area (Å²) in [6, 6.07) is 6.81. The fourth-order valence-corrected chi connectivity index (χ4v) is 4.36. The predicted octanol–water partition coefficient (Wildman–Crippen LogP) is 2.99. The van der Waals surface area contributed by atoms with E-state index in [1.54, 1.807) is 31.3 Å². The first kappa shape index (κ1) is 21.8. The van der Waals surface area contributed by atoms with E-state index in [-0.39, 0.29) is 11.3 Å². The van der Waals surface area contributed by atoms with Gasteiger partial charge in [-0.05, 0) is 18.9 Å². The van der Waals surface area contributed by atoms with Gasteiger partial charge in [-0.2, -0.15) is 8.78 Å². The van der Waals surface area contributed by atoms with E-state index in [1.807, 2.05) is 0 Å². The van der Waals surface area contributed by atoms with Gasteiger partial charge in [0.25, 0.3) is 0 Å². The summed E-state index contributed by atoms with van der Waals surface area (Å²) in [5.41, 5.74) is 0.785. The lowest BCUT2D eigenvalue weighted by Crippen LogP contribution is -2.60. The molecule has 2 aliphatic rings. The molecular weight excluding hydrogens is 378 g/mol. The van der Waals surface area contributed by atoms with Crippen molar-refractivity contribution in [3.05, 3.63) is 29.8 Å². The Bertz CT molecular complexity index is 660. The van der Waals surface area contributed by atoms with Crippen molar-refractivity contribution in [2.75, 3.05) is 39.9 Å². The molecule has 0 radical (unpaired) electrons. The molecule has 0 bridgehead atoms. The van der Waals surface area contributed by atoms with Crippen molar-refractivity contribution in [2.24, 2.45) is 4.99 Å². The van der Waals surface area contributed by atoms with Gasteiger partial charge in [-0.15, -0.1) is 0 Å². The molecule has 1 saturated heterocycles. The highest BCUT2D eigenvalue weighted by Gasteiger charge is 2.38. The Morgan fingerprint density at radius 2 is 1.90 bits per heavy atom. The summed E-state index contributed by atoms with van der Waals surface area (Å²) in [6.07, 6.45) is 6.11. The van der Waals surface area contributed by atoms with Crippen LogP contribution in [0.5, 0.6) is 5.75 Å². The fraction of sp³-hybridized carbons (Fsp3) is 0.667. The number of aliphatic imine (C=N–C) groups is 1. The van der Waals surface area contributed by atoms with E-state index < -0.39 is 6.61 Å². The minimum atomic E-state index is -2.84. The van der Waals surface area contributed by atoms with Gasteiger partial charge in [0.2, 0.25) is 0 Å². The molecule has 0 unspecified atom stereocenters. The highest BCUT2D eigenvalue weighted by Crippen LogP contribution is 2.33. The molecule has 0 aromatic heterocycles.